The largest absolute Gasteiger partial charge is 0.479 e. The lowest BCUT2D eigenvalue weighted by atomic mass is 9.98. The Kier molecular flexibility index (Phi) is 3.91. The number of urea groups is 1. The van der Waals surface area contributed by atoms with E-state index in [1.807, 2.05) is 0 Å². The summed E-state index contributed by atoms with van der Waals surface area (Å²) in [5, 5.41) is 14.6. The van der Waals surface area contributed by atoms with Crippen LogP contribution in [0.5, 0.6) is 0 Å². The van der Waals surface area contributed by atoms with E-state index in [1.165, 1.54) is 0 Å². The summed E-state index contributed by atoms with van der Waals surface area (Å²) in [6, 6.07) is 6.30. The van der Waals surface area contributed by atoms with Crippen LogP contribution in [0.3, 0.4) is 0 Å². The lowest BCUT2D eigenvalue weighted by molar-refractivity contribution is -0.144. The van der Waals surface area contributed by atoms with E-state index in [9.17, 15) is 19.5 Å². The first-order chi connectivity index (χ1) is 11.0. The van der Waals surface area contributed by atoms with Gasteiger partial charge in [0.15, 0.2) is 5.54 Å². The number of aliphatic carboxylic acids is 1. The minimum absolute atomic E-state index is 0.0416. The van der Waals surface area contributed by atoms with E-state index < -0.39 is 17.4 Å². The smallest absolute Gasteiger partial charge is 0.331 e. The Labute approximate surface area is 132 Å². The van der Waals surface area contributed by atoms with E-state index in [0.29, 0.717) is 30.9 Å². The number of carboxylic acids is 1. The van der Waals surface area contributed by atoms with E-state index in [4.69, 9.17) is 4.74 Å². The predicted molar refractivity (Wildman–Crippen MR) is 80.5 cm³/mol. The van der Waals surface area contributed by atoms with Gasteiger partial charge in [0, 0.05) is 37.4 Å². The highest BCUT2D eigenvalue weighted by molar-refractivity contribution is 5.99. The number of carbonyl (C=O) groups excluding carboxylic acids is 2. The fourth-order valence-electron chi connectivity index (χ4n) is 2.69. The molecule has 8 heteroatoms. The number of anilines is 1. The van der Waals surface area contributed by atoms with Gasteiger partial charge in [-0.25, -0.2) is 9.59 Å². The molecule has 3 rings (SSSR count). The number of carbonyl (C=O) groups is 3. The summed E-state index contributed by atoms with van der Waals surface area (Å²) in [6.07, 6.45) is 0.236. The van der Waals surface area contributed by atoms with E-state index in [1.54, 1.807) is 29.2 Å². The summed E-state index contributed by atoms with van der Waals surface area (Å²) < 4.78 is 5.11. The standard InChI is InChI=1S/C15H17N3O5/c19-12(17-15(13(20)21)5-8-23-9-15)10-1-3-11(4-2-10)18-7-6-16-14(18)22/h1-4H,5-9H2,(H,16,22)(H,17,19)(H,20,21). The van der Waals surface area contributed by atoms with Crippen molar-refractivity contribution in [2.24, 2.45) is 0 Å². The monoisotopic (exact) mass is 319 g/mol. The molecule has 2 aliphatic heterocycles. The fourth-order valence-corrected chi connectivity index (χ4v) is 2.69. The molecule has 0 radical (unpaired) electrons. The maximum Gasteiger partial charge on any atom is 0.331 e. The van der Waals surface area contributed by atoms with Gasteiger partial charge in [0.2, 0.25) is 0 Å². The molecule has 2 aliphatic rings. The van der Waals surface area contributed by atoms with Crippen molar-refractivity contribution in [1.29, 1.82) is 0 Å². The molecule has 2 fully saturated rings. The van der Waals surface area contributed by atoms with Gasteiger partial charge in [-0.2, -0.15) is 0 Å². The molecule has 1 aromatic rings. The Hall–Kier alpha value is -2.61. The molecule has 1 atom stereocenters. The number of rotatable bonds is 4. The van der Waals surface area contributed by atoms with Crippen LogP contribution in [0.2, 0.25) is 0 Å². The normalized spacial score (nSPS) is 23.7. The molecule has 0 spiro atoms. The molecule has 2 saturated heterocycles. The lowest BCUT2D eigenvalue weighted by Gasteiger charge is -2.23. The Morgan fingerprint density at radius 3 is 2.57 bits per heavy atom. The SMILES string of the molecule is O=C(NC1(C(=O)O)CCOC1)c1ccc(N2CCNC2=O)cc1. The van der Waals surface area contributed by atoms with Crippen molar-refractivity contribution in [3.8, 4) is 0 Å². The van der Waals surface area contributed by atoms with Gasteiger partial charge in [-0.3, -0.25) is 9.69 Å². The number of hydrogen-bond acceptors (Lipinski definition) is 4. The highest BCUT2D eigenvalue weighted by atomic mass is 16.5. The number of ether oxygens (including phenoxy) is 1. The molecule has 1 unspecified atom stereocenters. The molecular formula is C15H17N3O5. The molecule has 1 aromatic carbocycles. The highest BCUT2D eigenvalue weighted by Gasteiger charge is 2.44. The maximum absolute atomic E-state index is 12.3. The van der Waals surface area contributed by atoms with Gasteiger partial charge >= 0.3 is 12.0 Å². The maximum atomic E-state index is 12.3. The van der Waals surface area contributed by atoms with Crippen molar-refractivity contribution >= 4 is 23.6 Å². The van der Waals surface area contributed by atoms with E-state index >= 15 is 0 Å². The van der Waals surface area contributed by atoms with Crippen LogP contribution < -0.4 is 15.5 Å². The summed E-state index contributed by atoms with van der Waals surface area (Å²) >= 11 is 0. The first-order valence-corrected chi connectivity index (χ1v) is 7.31. The Bertz CT molecular complexity index is 637. The average Bonchev–Trinajstić information content (AvgIpc) is 3.17. The molecule has 122 valence electrons. The molecule has 2 heterocycles. The van der Waals surface area contributed by atoms with E-state index in [2.05, 4.69) is 10.6 Å². The molecule has 0 aromatic heterocycles. The predicted octanol–water partition coefficient (Wildman–Crippen LogP) is 0.190. The van der Waals surface area contributed by atoms with Gasteiger partial charge in [0.25, 0.3) is 5.91 Å². The van der Waals surface area contributed by atoms with Crippen LogP contribution in [0.4, 0.5) is 10.5 Å². The number of benzene rings is 1. The minimum Gasteiger partial charge on any atom is -0.479 e. The van der Waals surface area contributed by atoms with Crippen molar-refractivity contribution in [3.05, 3.63) is 29.8 Å². The third-order valence-corrected chi connectivity index (χ3v) is 4.08. The summed E-state index contributed by atoms with van der Waals surface area (Å²) in [5.74, 6) is -1.58. The van der Waals surface area contributed by atoms with Gasteiger partial charge in [-0.1, -0.05) is 0 Å². The number of nitrogens with zero attached hydrogens (tertiary/aromatic N) is 1. The van der Waals surface area contributed by atoms with Gasteiger partial charge in [-0.05, 0) is 24.3 Å². The number of hydrogen-bond donors (Lipinski definition) is 3. The Morgan fingerprint density at radius 1 is 1.30 bits per heavy atom. The number of carboxylic acid groups (broad SMARTS) is 1. The van der Waals surface area contributed by atoms with Crippen molar-refractivity contribution < 1.29 is 24.2 Å². The zero-order chi connectivity index (χ0) is 16.4. The van der Waals surface area contributed by atoms with Crippen LogP contribution in [0.1, 0.15) is 16.8 Å². The van der Waals surface area contributed by atoms with Crippen molar-refractivity contribution in [3.63, 3.8) is 0 Å². The van der Waals surface area contributed by atoms with Crippen LogP contribution in [0.15, 0.2) is 24.3 Å². The number of amides is 3. The van der Waals surface area contributed by atoms with Crippen molar-refractivity contribution in [2.75, 3.05) is 31.2 Å². The summed E-state index contributed by atoms with van der Waals surface area (Å²) in [5.41, 5.74) is -0.348. The second-order valence-corrected chi connectivity index (χ2v) is 5.57. The zero-order valence-electron chi connectivity index (χ0n) is 12.4. The molecular weight excluding hydrogens is 302 g/mol. The molecule has 23 heavy (non-hydrogen) atoms. The second kappa shape index (κ2) is 5.88. The molecule has 0 saturated carbocycles. The molecule has 0 bridgehead atoms. The second-order valence-electron chi connectivity index (χ2n) is 5.57. The first-order valence-electron chi connectivity index (χ1n) is 7.31. The van der Waals surface area contributed by atoms with Gasteiger partial charge in [0.05, 0.1) is 6.61 Å². The minimum atomic E-state index is -1.37. The topological polar surface area (TPSA) is 108 Å². The zero-order valence-corrected chi connectivity index (χ0v) is 12.4. The van der Waals surface area contributed by atoms with Crippen LogP contribution in [-0.2, 0) is 9.53 Å². The van der Waals surface area contributed by atoms with Gasteiger partial charge in [-0.15, -0.1) is 0 Å². The van der Waals surface area contributed by atoms with Crippen LogP contribution >= 0.6 is 0 Å². The fraction of sp³-hybridized carbons (Fsp3) is 0.400. The lowest BCUT2D eigenvalue weighted by Crippen LogP contribution is -2.55. The highest BCUT2D eigenvalue weighted by Crippen LogP contribution is 2.21. The number of nitrogens with one attached hydrogen (secondary N) is 2. The Balaban J connectivity index is 1.73. The summed E-state index contributed by atoms with van der Waals surface area (Å²) in [4.78, 5) is 36.9. The van der Waals surface area contributed by atoms with Crippen LogP contribution in [0, 0.1) is 0 Å². The first kappa shape index (κ1) is 15.3. The van der Waals surface area contributed by atoms with E-state index in [0.717, 1.165) is 0 Å². The van der Waals surface area contributed by atoms with Crippen LogP contribution in [-0.4, -0.2) is 54.9 Å². The third kappa shape index (κ3) is 2.85. The Morgan fingerprint density at radius 2 is 2.04 bits per heavy atom. The average molecular weight is 319 g/mol. The van der Waals surface area contributed by atoms with E-state index in [-0.39, 0.29) is 19.1 Å². The van der Waals surface area contributed by atoms with Gasteiger partial charge in [0.1, 0.15) is 0 Å². The molecule has 3 amide bonds. The molecule has 0 aliphatic carbocycles. The van der Waals surface area contributed by atoms with Gasteiger partial charge < -0.3 is 20.5 Å². The summed E-state index contributed by atoms with van der Waals surface area (Å²) in [7, 11) is 0. The molecule has 8 nitrogen and oxygen atoms in total. The van der Waals surface area contributed by atoms with Crippen LogP contribution in [0.25, 0.3) is 0 Å². The molecule has 3 N–H and O–H groups in total. The third-order valence-electron chi connectivity index (χ3n) is 4.08. The van der Waals surface area contributed by atoms with Crippen molar-refractivity contribution in [2.45, 2.75) is 12.0 Å². The quantitative estimate of drug-likeness (QED) is 0.734. The summed E-state index contributed by atoms with van der Waals surface area (Å²) in [6.45, 7) is 1.42. The van der Waals surface area contributed by atoms with Crippen molar-refractivity contribution in [1.82, 2.24) is 10.6 Å².